The molecule has 16 heavy (non-hydrogen) atoms. The van der Waals surface area contributed by atoms with E-state index in [1.165, 1.54) is 5.56 Å². The van der Waals surface area contributed by atoms with Gasteiger partial charge in [0.25, 0.3) is 0 Å². The Morgan fingerprint density at radius 3 is 2.50 bits per heavy atom. The summed E-state index contributed by atoms with van der Waals surface area (Å²) >= 11 is 0. The van der Waals surface area contributed by atoms with E-state index < -0.39 is 0 Å². The fourth-order valence-electron chi connectivity index (χ4n) is 1.76. The van der Waals surface area contributed by atoms with Gasteiger partial charge in [0, 0.05) is 12.5 Å². The van der Waals surface area contributed by atoms with E-state index in [0.717, 1.165) is 13.0 Å². The second kappa shape index (κ2) is 6.44. The van der Waals surface area contributed by atoms with Gasteiger partial charge in [-0.15, -0.1) is 0 Å². The van der Waals surface area contributed by atoms with Crippen LogP contribution in [0, 0.1) is 0 Å². The minimum Gasteiger partial charge on any atom is -0.300 e. The molecule has 0 aromatic heterocycles. The van der Waals surface area contributed by atoms with Crippen molar-refractivity contribution in [1.82, 2.24) is 4.90 Å². The molecule has 0 amide bonds. The minimum atomic E-state index is 0.278. The molecule has 0 saturated heterocycles. The van der Waals surface area contributed by atoms with E-state index in [-0.39, 0.29) is 5.78 Å². The van der Waals surface area contributed by atoms with Crippen molar-refractivity contribution in [3.63, 3.8) is 0 Å². The first kappa shape index (κ1) is 12.9. The molecule has 1 aromatic carbocycles. The molecular weight excluding hydrogens is 198 g/mol. The van der Waals surface area contributed by atoms with Crippen molar-refractivity contribution in [2.24, 2.45) is 0 Å². The molecule has 0 aliphatic rings. The molecular formula is C14H21NO. The van der Waals surface area contributed by atoms with E-state index in [1.807, 2.05) is 6.07 Å². The predicted octanol–water partition coefficient (Wildman–Crippen LogP) is 3.05. The topological polar surface area (TPSA) is 20.3 Å². The molecule has 0 N–H and O–H groups in total. The van der Waals surface area contributed by atoms with E-state index in [2.05, 4.69) is 43.1 Å². The summed E-state index contributed by atoms with van der Waals surface area (Å²) in [6.45, 7) is 4.82. The fraction of sp³-hybridized carbons (Fsp3) is 0.500. The zero-order chi connectivity index (χ0) is 12.0. The Kier molecular flexibility index (Phi) is 5.20. The van der Waals surface area contributed by atoms with Crippen LogP contribution in [0.15, 0.2) is 30.3 Å². The molecule has 1 rings (SSSR count). The maximum Gasteiger partial charge on any atom is 0.129 e. The Morgan fingerprint density at radius 2 is 1.94 bits per heavy atom. The molecule has 2 heteroatoms. The maximum atomic E-state index is 10.8. The highest BCUT2D eigenvalue weighted by atomic mass is 16.1. The maximum absolute atomic E-state index is 10.8. The summed E-state index contributed by atoms with van der Waals surface area (Å²) < 4.78 is 0. The number of ketones is 1. The number of hydrogen-bond acceptors (Lipinski definition) is 2. The van der Waals surface area contributed by atoms with Crippen LogP contribution < -0.4 is 0 Å². The van der Waals surface area contributed by atoms with Crippen LogP contribution in [0.2, 0.25) is 0 Å². The monoisotopic (exact) mass is 219 g/mol. The van der Waals surface area contributed by atoms with E-state index in [0.29, 0.717) is 12.5 Å². The highest BCUT2D eigenvalue weighted by Gasteiger charge is 2.10. The largest absolute Gasteiger partial charge is 0.300 e. The molecule has 1 aromatic rings. The first-order valence-corrected chi connectivity index (χ1v) is 5.86. The number of carbonyl (C=O) groups is 1. The summed E-state index contributed by atoms with van der Waals surface area (Å²) in [5.74, 6) is 0.278. The van der Waals surface area contributed by atoms with Gasteiger partial charge in [0.05, 0.1) is 0 Å². The van der Waals surface area contributed by atoms with E-state index in [4.69, 9.17) is 0 Å². The lowest BCUT2D eigenvalue weighted by molar-refractivity contribution is -0.117. The minimum absolute atomic E-state index is 0.278. The van der Waals surface area contributed by atoms with E-state index in [1.54, 1.807) is 6.92 Å². The van der Waals surface area contributed by atoms with Crippen molar-refractivity contribution in [2.75, 3.05) is 13.6 Å². The third-order valence-electron chi connectivity index (χ3n) is 2.98. The number of benzene rings is 1. The SMILES string of the molecule is CC(=O)CCCN(C)C(C)c1ccccc1. The zero-order valence-corrected chi connectivity index (χ0v) is 10.4. The van der Waals surface area contributed by atoms with Gasteiger partial charge >= 0.3 is 0 Å². The van der Waals surface area contributed by atoms with E-state index in [9.17, 15) is 4.79 Å². The average Bonchev–Trinajstić information content (AvgIpc) is 2.28. The summed E-state index contributed by atoms with van der Waals surface area (Å²) in [5, 5.41) is 0. The zero-order valence-electron chi connectivity index (χ0n) is 10.4. The highest BCUT2D eigenvalue weighted by molar-refractivity contribution is 5.75. The van der Waals surface area contributed by atoms with Crippen LogP contribution in [0.5, 0.6) is 0 Å². The predicted molar refractivity (Wildman–Crippen MR) is 67.4 cm³/mol. The molecule has 0 aliphatic heterocycles. The molecule has 2 nitrogen and oxygen atoms in total. The molecule has 0 fully saturated rings. The highest BCUT2D eigenvalue weighted by Crippen LogP contribution is 2.18. The van der Waals surface area contributed by atoms with Gasteiger partial charge < -0.3 is 4.79 Å². The molecule has 0 bridgehead atoms. The Labute approximate surface area is 98.3 Å². The summed E-state index contributed by atoms with van der Waals surface area (Å²) in [4.78, 5) is 13.1. The van der Waals surface area contributed by atoms with Gasteiger partial charge in [0.1, 0.15) is 5.78 Å². The molecule has 0 spiro atoms. The lowest BCUT2D eigenvalue weighted by Crippen LogP contribution is -2.23. The second-order valence-corrected chi connectivity index (χ2v) is 4.37. The molecule has 1 unspecified atom stereocenters. The summed E-state index contributed by atoms with van der Waals surface area (Å²) in [5.41, 5.74) is 1.33. The molecule has 1 atom stereocenters. The van der Waals surface area contributed by atoms with Gasteiger partial charge in [-0.3, -0.25) is 4.90 Å². The normalized spacial score (nSPS) is 12.8. The number of Topliss-reactive ketones (excluding diaryl/α,β-unsaturated/α-hetero) is 1. The lowest BCUT2D eigenvalue weighted by atomic mass is 10.1. The van der Waals surface area contributed by atoms with Gasteiger partial charge in [-0.2, -0.15) is 0 Å². The van der Waals surface area contributed by atoms with Gasteiger partial charge in [-0.05, 0) is 39.4 Å². The Bertz CT molecular complexity index is 321. The Balaban J connectivity index is 2.42. The van der Waals surface area contributed by atoms with Crippen molar-refractivity contribution in [2.45, 2.75) is 32.7 Å². The molecule has 88 valence electrons. The van der Waals surface area contributed by atoms with Crippen LogP contribution >= 0.6 is 0 Å². The number of nitrogens with zero attached hydrogens (tertiary/aromatic N) is 1. The van der Waals surface area contributed by atoms with Crippen molar-refractivity contribution < 1.29 is 4.79 Å². The smallest absolute Gasteiger partial charge is 0.129 e. The average molecular weight is 219 g/mol. The Morgan fingerprint density at radius 1 is 1.31 bits per heavy atom. The van der Waals surface area contributed by atoms with Crippen LogP contribution in [0.25, 0.3) is 0 Å². The second-order valence-electron chi connectivity index (χ2n) is 4.37. The first-order valence-electron chi connectivity index (χ1n) is 5.86. The van der Waals surface area contributed by atoms with Crippen LogP contribution in [-0.2, 0) is 4.79 Å². The molecule has 0 heterocycles. The number of rotatable bonds is 6. The first-order chi connectivity index (χ1) is 7.61. The van der Waals surface area contributed by atoms with Crippen LogP contribution in [0.3, 0.4) is 0 Å². The summed E-state index contributed by atoms with van der Waals surface area (Å²) in [6, 6.07) is 10.9. The van der Waals surface area contributed by atoms with Gasteiger partial charge in [-0.25, -0.2) is 0 Å². The van der Waals surface area contributed by atoms with Gasteiger partial charge in [0.15, 0.2) is 0 Å². The van der Waals surface area contributed by atoms with Gasteiger partial charge in [0.2, 0.25) is 0 Å². The summed E-state index contributed by atoms with van der Waals surface area (Å²) in [6.07, 6.45) is 1.63. The van der Waals surface area contributed by atoms with Crippen LogP contribution in [0.1, 0.15) is 38.3 Å². The Hall–Kier alpha value is -1.15. The number of carbonyl (C=O) groups excluding carboxylic acids is 1. The van der Waals surface area contributed by atoms with Crippen molar-refractivity contribution in [3.8, 4) is 0 Å². The third kappa shape index (κ3) is 4.15. The van der Waals surface area contributed by atoms with Crippen LogP contribution in [0.4, 0.5) is 0 Å². The number of hydrogen-bond donors (Lipinski definition) is 0. The van der Waals surface area contributed by atoms with E-state index >= 15 is 0 Å². The fourth-order valence-corrected chi connectivity index (χ4v) is 1.76. The van der Waals surface area contributed by atoms with Gasteiger partial charge in [-0.1, -0.05) is 30.3 Å². The quantitative estimate of drug-likeness (QED) is 0.733. The standard InChI is InChI=1S/C14H21NO/c1-12(16)8-7-11-15(3)13(2)14-9-5-4-6-10-14/h4-6,9-10,13H,7-8,11H2,1-3H3. The molecule has 0 saturated carbocycles. The van der Waals surface area contributed by atoms with Crippen molar-refractivity contribution >= 4 is 5.78 Å². The summed E-state index contributed by atoms with van der Waals surface area (Å²) in [7, 11) is 2.11. The van der Waals surface area contributed by atoms with Crippen LogP contribution in [-0.4, -0.2) is 24.3 Å². The molecule has 0 aliphatic carbocycles. The lowest BCUT2D eigenvalue weighted by Gasteiger charge is -2.24. The third-order valence-corrected chi connectivity index (χ3v) is 2.98. The molecule has 0 radical (unpaired) electrons. The van der Waals surface area contributed by atoms with Crippen molar-refractivity contribution in [3.05, 3.63) is 35.9 Å². The van der Waals surface area contributed by atoms with Crippen molar-refractivity contribution in [1.29, 1.82) is 0 Å².